The Morgan fingerprint density at radius 2 is 2.35 bits per heavy atom. The van der Waals surface area contributed by atoms with Crippen LogP contribution in [0.2, 0.25) is 0 Å². The van der Waals surface area contributed by atoms with Crippen molar-refractivity contribution in [3.63, 3.8) is 0 Å². The summed E-state index contributed by atoms with van der Waals surface area (Å²) in [4.78, 5) is 18.2. The molecule has 1 aromatic heterocycles. The van der Waals surface area contributed by atoms with Crippen molar-refractivity contribution in [1.82, 2.24) is 10.3 Å². The molecule has 1 aliphatic heterocycles. The van der Waals surface area contributed by atoms with Gasteiger partial charge in [-0.3, -0.25) is 4.79 Å². The minimum absolute atomic E-state index is 0.0671. The summed E-state index contributed by atoms with van der Waals surface area (Å²) < 4.78 is 0. The molecule has 2 heterocycles. The van der Waals surface area contributed by atoms with Crippen molar-refractivity contribution in [2.45, 2.75) is 32.0 Å². The lowest BCUT2D eigenvalue weighted by Crippen LogP contribution is -2.22. The van der Waals surface area contributed by atoms with Crippen molar-refractivity contribution in [2.24, 2.45) is 0 Å². The third-order valence-electron chi connectivity index (χ3n) is 3.47. The molecule has 5 nitrogen and oxygen atoms in total. The van der Waals surface area contributed by atoms with Gasteiger partial charge in [-0.25, -0.2) is 4.98 Å². The van der Waals surface area contributed by atoms with Gasteiger partial charge in [-0.05, 0) is 18.9 Å². The van der Waals surface area contributed by atoms with Crippen LogP contribution in [0.25, 0.3) is 0 Å². The number of aliphatic hydroxyl groups is 1. The summed E-state index contributed by atoms with van der Waals surface area (Å²) in [5.41, 5.74) is 2.11. The van der Waals surface area contributed by atoms with Crippen LogP contribution in [0.4, 0.5) is 5.82 Å². The summed E-state index contributed by atoms with van der Waals surface area (Å²) in [7, 11) is 1.99. The molecule has 0 saturated heterocycles. The topological polar surface area (TPSA) is 65.5 Å². The molecule has 2 aliphatic rings. The Kier molecular flexibility index (Phi) is 2.29. The lowest BCUT2D eigenvalue weighted by atomic mass is 10.1. The summed E-state index contributed by atoms with van der Waals surface area (Å²) in [5.74, 6) is 0.717. The Morgan fingerprint density at radius 3 is 3.00 bits per heavy atom. The molecular formula is C12H15N3O2. The highest BCUT2D eigenvalue weighted by molar-refractivity contribution is 5.99. The summed E-state index contributed by atoms with van der Waals surface area (Å²) in [6, 6.07) is 2.37. The molecule has 0 radical (unpaired) electrons. The van der Waals surface area contributed by atoms with Gasteiger partial charge in [0.1, 0.15) is 5.82 Å². The maximum atomic E-state index is 11.7. The molecule has 1 fully saturated rings. The maximum Gasteiger partial charge on any atom is 0.252 e. The zero-order valence-electron chi connectivity index (χ0n) is 9.73. The SMILES string of the molecule is CN(c1cc2c(c(CO)n1)CNC2=O)C1CC1. The van der Waals surface area contributed by atoms with E-state index < -0.39 is 0 Å². The lowest BCUT2D eigenvalue weighted by molar-refractivity contribution is 0.0965. The number of carbonyl (C=O) groups excluding carboxylic acids is 1. The van der Waals surface area contributed by atoms with E-state index in [1.165, 1.54) is 12.8 Å². The van der Waals surface area contributed by atoms with Gasteiger partial charge in [0, 0.05) is 30.8 Å². The molecular weight excluding hydrogens is 218 g/mol. The number of pyridine rings is 1. The first-order chi connectivity index (χ1) is 8.20. The third-order valence-corrected chi connectivity index (χ3v) is 3.47. The zero-order valence-corrected chi connectivity index (χ0v) is 9.73. The van der Waals surface area contributed by atoms with Crippen LogP contribution in [0.5, 0.6) is 0 Å². The monoisotopic (exact) mass is 233 g/mol. The second kappa shape index (κ2) is 3.70. The van der Waals surface area contributed by atoms with Crippen molar-refractivity contribution in [3.8, 4) is 0 Å². The third kappa shape index (κ3) is 1.67. The van der Waals surface area contributed by atoms with E-state index in [1.807, 2.05) is 13.1 Å². The van der Waals surface area contributed by atoms with Crippen LogP contribution in [0, 0.1) is 0 Å². The van der Waals surface area contributed by atoms with Gasteiger partial charge in [0.05, 0.1) is 12.3 Å². The molecule has 1 saturated carbocycles. The summed E-state index contributed by atoms with van der Waals surface area (Å²) in [6.45, 7) is 0.355. The van der Waals surface area contributed by atoms with Crippen molar-refractivity contribution in [3.05, 3.63) is 22.9 Å². The van der Waals surface area contributed by atoms with Crippen molar-refractivity contribution < 1.29 is 9.90 Å². The Morgan fingerprint density at radius 1 is 1.59 bits per heavy atom. The first-order valence-corrected chi connectivity index (χ1v) is 5.85. The van der Waals surface area contributed by atoms with Crippen LogP contribution < -0.4 is 10.2 Å². The molecule has 90 valence electrons. The molecule has 17 heavy (non-hydrogen) atoms. The summed E-state index contributed by atoms with van der Waals surface area (Å²) in [5, 5.41) is 12.1. The smallest absolute Gasteiger partial charge is 0.252 e. The van der Waals surface area contributed by atoms with E-state index >= 15 is 0 Å². The number of hydrogen-bond donors (Lipinski definition) is 2. The highest BCUT2D eigenvalue weighted by Crippen LogP contribution is 2.31. The molecule has 0 aromatic carbocycles. The predicted octanol–water partition coefficient (Wildman–Crippen LogP) is 0.416. The molecule has 0 unspecified atom stereocenters. The Labute approximate surface area is 99.5 Å². The van der Waals surface area contributed by atoms with Crippen molar-refractivity contribution in [1.29, 1.82) is 0 Å². The maximum absolute atomic E-state index is 11.7. The van der Waals surface area contributed by atoms with Crippen LogP contribution in [0.3, 0.4) is 0 Å². The van der Waals surface area contributed by atoms with E-state index in [-0.39, 0.29) is 12.5 Å². The number of carbonyl (C=O) groups is 1. The number of anilines is 1. The number of nitrogens with one attached hydrogen (secondary N) is 1. The lowest BCUT2D eigenvalue weighted by Gasteiger charge is -2.19. The number of nitrogens with zero attached hydrogens (tertiary/aromatic N) is 2. The molecule has 0 spiro atoms. The molecule has 1 aliphatic carbocycles. The molecule has 5 heteroatoms. The normalized spacial score (nSPS) is 17.9. The molecule has 0 atom stereocenters. The number of rotatable bonds is 3. The van der Waals surface area contributed by atoms with Crippen molar-refractivity contribution >= 4 is 11.7 Å². The molecule has 1 amide bonds. The van der Waals surface area contributed by atoms with E-state index in [2.05, 4.69) is 15.2 Å². The Balaban J connectivity index is 2.05. The fourth-order valence-electron chi connectivity index (χ4n) is 2.23. The number of fused-ring (bicyclic) bond motifs is 1. The average Bonchev–Trinajstić information content (AvgIpc) is 3.13. The fraction of sp³-hybridized carbons (Fsp3) is 0.500. The van der Waals surface area contributed by atoms with E-state index in [1.54, 1.807) is 0 Å². The van der Waals surface area contributed by atoms with E-state index in [0.717, 1.165) is 11.4 Å². The summed E-state index contributed by atoms with van der Waals surface area (Å²) >= 11 is 0. The van der Waals surface area contributed by atoms with Crippen LogP contribution in [-0.2, 0) is 13.2 Å². The van der Waals surface area contributed by atoms with Gasteiger partial charge < -0.3 is 15.3 Å². The van der Waals surface area contributed by atoms with Crippen LogP contribution in [-0.4, -0.2) is 29.1 Å². The number of amides is 1. The van der Waals surface area contributed by atoms with Gasteiger partial charge >= 0.3 is 0 Å². The standard InChI is InChI=1S/C12H15N3O2/c1-15(7-2-3-7)11-4-8-9(5-13-12(8)17)10(6-16)14-11/h4,7,16H,2-3,5-6H2,1H3,(H,13,17). The molecule has 2 N–H and O–H groups in total. The van der Waals surface area contributed by atoms with Crippen LogP contribution in [0.1, 0.15) is 34.5 Å². The minimum atomic E-state index is -0.121. The summed E-state index contributed by atoms with van der Waals surface area (Å²) in [6.07, 6.45) is 2.35. The number of aliphatic hydroxyl groups excluding tert-OH is 1. The van der Waals surface area contributed by atoms with Gasteiger partial charge in [0.15, 0.2) is 0 Å². The quantitative estimate of drug-likeness (QED) is 0.794. The predicted molar refractivity (Wildman–Crippen MR) is 62.8 cm³/mol. The van der Waals surface area contributed by atoms with E-state index in [9.17, 15) is 9.90 Å². The van der Waals surface area contributed by atoms with Gasteiger partial charge in [0.25, 0.3) is 5.91 Å². The minimum Gasteiger partial charge on any atom is -0.390 e. The number of hydrogen-bond acceptors (Lipinski definition) is 4. The highest BCUT2D eigenvalue weighted by atomic mass is 16.3. The number of aromatic nitrogens is 1. The second-order valence-corrected chi connectivity index (χ2v) is 4.64. The first kappa shape index (κ1) is 10.5. The van der Waals surface area contributed by atoms with Gasteiger partial charge in [-0.15, -0.1) is 0 Å². The molecule has 1 aromatic rings. The Hall–Kier alpha value is -1.62. The first-order valence-electron chi connectivity index (χ1n) is 5.85. The van der Waals surface area contributed by atoms with E-state index in [0.29, 0.717) is 23.8 Å². The van der Waals surface area contributed by atoms with Crippen molar-refractivity contribution in [2.75, 3.05) is 11.9 Å². The zero-order chi connectivity index (χ0) is 12.0. The van der Waals surface area contributed by atoms with Gasteiger partial charge in [0.2, 0.25) is 0 Å². The largest absolute Gasteiger partial charge is 0.390 e. The fourth-order valence-corrected chi connectivity index (χ4v) is 2.23. The van der Waals surface area contributed by atoms with Crippen LogP contribution in [0.15, 0.2) is 6.07 Å². The van der Waals surface area contributed by atoms with Crippen LogP contribution >= 0.6 is 0 Å². The second-order valence-electron chi connectivity index (χ2n) is 4.64. The molecule has 0 bridgehead atoms. The van der Waals surface area contributed by atoms with Gasteiger partial charge in [-0.2, -0.15) is 0 Å². The molecule has 3 rings (SSSR count). The Bertz CT molecular complexity index is 483. The highest BCUT2D eigenvalue weighted by Gasteiger charge is 2.30. The van der Waals surface area contributed by atoms with Gasteiger partial charge in [-0.1, -0.05) is 0 Å². The van der Waals surface area contributed by atoms with E-state index in [4.69, 9.17) is 0 Å². The average molecular weight is 233 g/mol.